The normalized spacial score (nSPS) is 22.1. The summed E-state index contributed by atoms with van der Waals surface area (Å²) in [5.74, 6) is -0.131. The Morgan fingerprint density at radius 1 is 1.29 bits per heavy atom. The molecule has 6 heteroatoms. The molecular weight excluding hydrogens is 272 g/mol. The van der Waals surface area contributed by atoms with Crippen molar-refractivity contribution < 1.29 is 14.5 Å². The van der Waals surface area contributed by atoms with Crippen LogP contribution in [0.2, 0.25) is 0 Å². The van der Waals surface area contributed by atoms with Gasteiger partial charge in [0.05, 0.1) is 18.0 Å². The van der Waals surface area contributed by atoms with Crippen LogP contribution < -0.4 is 0 Å². The number of nitrogens with zero attached hydrogens (tertiary/aromatic N) is 2. The number of benzene rings is 1. The Bertz CT molecular complexity index is 531. The summed E-state index contributed by atoms with van der Waals surface area (Å²) < 4.78 is 4.75. The van der Waals surface area contributed by atoms with Crippen molar-refractivity contribution in [2.45, 2.75) is 31.7 Å². The van der Waals surface area contributed by atoms with Gasteiger partial charge in [0.2, 0.25) is 0 Å². The summed E-state index contributed by atoms with van der Waals surface area (Å²) in [4.78, 5) is 26.1. The van der Waals surface area contributed by atoms with Crippen molar-refractivity contribution in [2.24, 2.45) is 10.9 Å². The van der Waals surface area contributed by atoms with Crippen LogP contribution in [0.3, 0.4) is 0 Å². The van der Waals surface area contributed by atoms with Gasteiger partial charge < -0.3 is 4.74 Å². The van der Waals surface area contributed by atoms with Crippen LogP contribution in [0.15, 0.2) is 29.3 Å². The van der Waals surface area contributed by atoms with Crippen LogP contribution in [0.4, 0.5) is 5.69 Å². The lowest BCUT2D eigenvalue weighted by Gasteiger charge is -2.24. The van der Waals surface area contributed by atoms with E-state index in [2.05, 4.69) is 4.99 Å². The van der Waals surface area contributed by atoms with E-state index in [0.717, 1.165) is 31.2 Å². The molecule has 0 unspecified atom stereocenters. The quantitative estimate of drug-likeness (QED) is 0.369. The molecule has 1 aromatic rings. The predicted molar refractivity (Wildman–Crippen MR) is 78.5 cm³/mol. The van der Waals surface area contributed by atoms with Gasteiger partial charge in [-0.1, -0.05) is 0 Å². The number of carbonyl (C=O) groups is 1. The van der Waals surface area contributed by atoms with Crippen LogP contribution in [0.1, 0.15) is 31.2 Å². The smallest absolute Gasteiger partial charge is 0.308 e. The summed E-state index contributed by atoms with van der Waals surface area (Å²) in [7, 11) is 1.42. The highest BCUT2D eigenvalue weighted by molar-refractivity contribution is 5.80. The van der Waals surface area contributed by atoms with E-state index in [-0.39, 0.29) is 23.6 Å². The lowest BCUT2D eigenvalue weighted by atomic mass is 9.86. The second-order valence-electron chi connectivity index (χ2n) is 5.16. The van der Waals surface area contributed by atoms with Crippen LogP contribution in [0, 0.1) is 16.0 Å². The van der Waals surface area contributed by atoms with Gasteiger partial charge in [0.15, 0.2) is 0 Å². The maximum absolute atomic E-state index is 11.4. The van der Waals surface area contributed by atoms with Gasteiger partial charge in [-0.25, -0.2) is 0 Å². The third kappa shape index (κ3) is 4.11. The summed E-state index contributed by atoms with van der Waals surface area (Å²) in [5.41, 5.74) is 0.918. The molecule has 1 aliphatic rings. The second kappa shape index (κ2) is 6.97. The lowest BCUT2D eigenvalue weighted by molar-refractivity contribution is -0.384. The molecule has 1 fully saturated rings. The Hall–Kier alpha value is -2.24. The molecule has 0 N–H and O–H groups in total. The van der Waals surface area contributed by atoms with E-state index in [0.29, 0.717) is 0 Å². The molecule has 0 atom stereocenters. The number of methoxy groups -OCH3 is 1. The van der Waals surface area contributed by atoms with Gasteiger partial charge in [-0.2, -0.15) is 0 Å². The maximum Gasteiger partial charge on any atom is 0.308 e. The minimum Gasteiger partial charge on any atom is -0.469 e. The molecule has 0 spiro atoms. The molecule has 0 bridgehead atoms. The second-order valence-corrected chi connectivity index (χ2v) is 5.16. The zero-order valence-electron chi connectivity index (χ0n) is 11.9. The highest BCUT2D eigenvalue weighted by atomic mass is 16.6. The maximum atomic E-state index is 11.4. The molecule has 0 heterocycles. The predicted octanol–water partition coefficient (Wildman–Crippen LogP) is 2.75. The van der Waals surface area contributed by atoms with Crippen molar-refractivity contribution in [3.8, 4) is 0 Å². The third-order valence-electron chi connectivity index (χ3n) is 3.77. The number of hydrogen-bond acceptors (Lipinski definition) is 5. The minimum absolute atomic E-state index is 0.000764. The molecule has 21 heavy (non-hydrogen) atoms. The molecule has 1 aromatic carbocycles. The summed E-state index contributed by atoms with van der Waals surface area (Å²) in [6.07, 6.45) is 5.07. The first-order valence-electron chi connectivity index (χ1n) is 6.95. The zero-order valence-corrected chi connectivity index (χ0v) is 11.9. The fraction of sp³-hybridized carbons (Fsp3) is 0.467. The number of rotatable bonds is 4. The topological polar surface area (TPSA) is 81.8 Å². The number of carbonyl (C=O) groups excluding carboxylic acids is 1. The molecule has 0 radical (unpaired) electrons. The van der Waals surface area contributed by atoms with Crippen LogP contribution in [-0.2, 0) is 9.53 Å². The molecule has 2 rings (SSSR count). The Balaban J connectivity index is 1.88. The number of ether oxygens (including phenoxy) is 1. The first-order valence-corrected chi connectivity index (χ1v) is 6.95. The first kappa shape index (κ1) is 15.2. The molecule has 6 nitrogen and oxygen atoms in total. The fourth-order valence-electron chi connectivity index (χ4n) is 2.50. The zero-order chi connectivity index (χ0) is 15.2. The largest absolute Gasteiger partial charge is 0.469 e. The van der Waals surface area contributed by atoms with Crippen LogP contribution in [0.5, 0.6) is 0 Å². The van der Waals surface area contributed by atoms with Gasteiger partial charge in [-0.3, -0.25) is 19.9 Å². The van der Waals surface area contributed by atoms with Crippen LogP contribution in [0.25, 0.3) is 0 Å². The van der Waals surface area contributed by atoms with E-state index in [1.54, 1.807) is 18.3 Å². The van der Waals surface area contributed by atoms with Gasteiger partial charge in [0.1, 0.15) is 0 Å². The molecule has 112 valence electrons. The molecule has 1 saturated carbocycles. The van der Waals surface area contributed by atoms with Gasteiger partial charge in [0.25, 0.3) is 5.69 Å². The number of non-ortho nitro benzene ring substituents is 1. The highest BCUT2D eigenvalue weighted by Gasteiger charge is 2.26. The number of nitro benzene ring substituents is 1. The summed E-state index contributed by atoms with van der Waals surface area (Å²) in [6.45, 7) is 0. The van der Waals surface area contributed by atoms with Crippen molar-refractivity contribution in [1.82, 2.24) is 0 Å². The first-order chi connectivity index (χ1) is 10.1. The van der Waals surface area contributed by atoms with E-state index in [4.69, 9.17) is 4.74 Å². The molecule has 0 aromatic heterocycles. The monoisotopic (exact) mass is 290 g/mol. The fourth-order valence-corrected chi connectivity index (χ4v) is 2.50. The molecule has 0 aliphatic heterocycles. The van der Waals surface area contributed by atoms with E-state index >= 15 is 0 Å². The number of esters is 1. The van der Waals surface area contributed by atoms with Crippen LogP contribution >= 0.6 is 0 Å². The Labute approximate surface area is 123 Å². The average molecular weight is 290 g/mol. The van der Waals surface area contributed by atoms with Gasteiger partial charge in [0, 0.05) is 24.4 Å². The van der Waals surface area contributed by atoms with Gasteiger partial charge in [-0.15, -0.1) is 0 Å². The molecule has 0 saturated heterocycles. The van der Waals surface area contributed by atoms with Gasteiger partial charge in [-0.05, 0) is 43.4 Å². The molecular formula is C15H18N2O4. The van der Waals surface area contributed by atoms with Crippen molar-refractivity contribution in [3.63, 3.8) is 0 Å². The average Bonchev–Trinajstić information content (AvgIpc) is 2.53. The van der Waals surface area contributed by atoms with E-state index in [1.165, 1.54) is 19.2 Å². The van der Waals surface area contributed by atoms with Crippen molar-refractivity contribution in [3.05, 3.63) is 39.9 Å². The minimum atomic E-state index is -0.422. The van der Waals surface area contributed by atoms with Gasteiger partial charge >= 0.3 is 5.97 Å². The van der Waals surface area contributed by atoms with E-state index in [9.17, 15) is 14.9 Å². The van der Waals surface area contributed by atoms with Crippen LogP contribution in [-0.4, -0.2) is 30.3 Å². The summed E-state index contributed by atoms with van der Waals surface area (Å²) in [5, 5.41) is 10.6. The summed E-state index contributed by atoms with van der Waals surface area (Å²) in [6, 6.07) is 6.51. The van der Waals surface area contributed by atoms with Crippen molar-refractivity contribution >= 4 is 17.9 Å². The Kier molecular flexibility index (Phi) is 5.03. The third-order valence-corrected chi connectivity index (χ3v) is 3.77. The number of aliphatic imine (C=N–C) groups is 1. The Morgan fingerprint density at radius 3 is 2.43 bits per heavy atom. The standard InChI is InChI=1S/C15H18N2O4/c1-21-15(18)12-4-6-13(7-5-12)16-10-11-2-8-14(9-3-11)17(19)20/h2-3,8-10,12-13H,4-7H2,1H3/b16-10+. The van der Waals surface area contributed by atoms with Crippen molar-refractivity contribution in [2.75, 3.05) is 7.11 Å². The molecule has 1 aliphatic carbocycles. The number of nitro groups is 1. The number of hydrogen-bond donors (Lipinski definition) is 0. The molecule has 0 amide bonds. The van der Waals surface area contributed by atoms with E-state index in [1.807, 2.05) is 0 Å². The van der Waals surface area contributed by atoms with E-state index < -0.39 is 4.92 Å². The highest BCUT2D eigenvalue weighted by Crippen LogP contribution is 2.27. The van der Waals surface area contributed by atoms with Crippen molar-refractivity contribution in [1.29, 1.82) is 0 Å². The lowest BCUT2D eigenvalue weighted by Crippen LogP contribution is -2.24. The SMILES string of the molecule is COC(=O)C1CCC(/N=C/c2ccc([N+](=O)[O-])cc2)CC1. The summed E-state index contributed by atoms with van der Waals surface area (Å²) >= 11 is 0. The Morgan fingerprint density at radius 2 is 1.90 bits per heavy atom.